The molecule has 0 aromatic heterocycles. The Kier molecular flexibility index (Phi) is 9.58. The molecule has 0 saturated carbocycles. The van der Waals surface area contributed by atoms with Crippen LogP contribution in [0.2, 0.25) is 0 Å². The van der Waals surface area contributed by atoms with E-state index in [1.165, 1.54) is 0 Å². The van der Waals surface area contributed by atoms with Crippen molar-refractivity contribution >= 4 is 35.6 Å². The van der Waals surface area contributed by atoms with Crippen LogP contribution in [0.25, 0.3) is 0 Å². The molecule has 0 bridgehead atoms. The normalized spacial score (nSPS) is 11.7. The smallest absolute Gasteiger partial charge is 0.309 e. The van der Waals surface area contributed by atoms with E-state index < -0.39 is 11.8 Å². The molecule has 30 heavy (non-hydrogen) atoms. The molecule has 0 unspecified atom stereocenters. The Bertz CT molecular complexity index is 794. The second-order valence-corrected chi connectivity index (χ2v) is 6.58. The summed E-state index contributed by atoms with van der Waals surface area (Å²) in [4.78, 5) is 23.5. The predicted octanol–water partition coefficient (Wildman–Crippen LogP) is 2.60. The minimum Gasteiger partial charge on any atom is -0.618 e. The van der Waals surface area contributed by atoms with Gasteiger partial charge in [0, 0.05) is 37.4 Å². The van der Waals surface area contributed by atoms with Gasteiger partial charge in [-0.3, -0.25) is 9.59 Å². The van der Waals surface area contributed by atoms with Crippen molar-refractivity contribution in [2.75, 3.05) is 13.1 Å². The topological polar surface area (TPSA) is 110 Å². The zero-order chi connectivity index (χ0) is 21.6. The van der Waals surface area contributed by atoms with Crippen molar-refractivity contribution in [3.8, 4) is 0 Å². The third kappa shape index (κ3) is 8.55. The monoisotopic (exact) mass is 410 g/mol. The molecule has 2 aromatic carbocycles. The summed E-state index contributed by atoms with van der Waals surface area (Å²) in [7, 11) is 0. The van der Waals surface area contributed by atoms with Crippen molar-refractivity contribution in [2.24, 2.45) is 0 Å². The maximum absolute atomic E-state index is 11.8. The highest BCUT2D eigenvalue weighted by Crippen LogP contribution is 2.08. The second kappa shape index (κ2) is 12.7. The minimum absolute atomic E-state index is 0.399. The number of rotatable bonds is 11. The molecule has 2 rings (SSSR count). The van der Waals surface area contributed by atoms with Gasteiger partial charge in [-0.2, -0.15) is 9.48 Å². The summed E-state index contributed by atoms with van der Waals surface area (Å²) >= 11 is 0. The molecule has 158 valence electrons. The molecule has 0 aliphatic carbocycles. The Morgan fingerprint density at radius 2 is 1.03 bits per heavy atom. The lowest BCUT2D eigenvalue weighted by molar-refractivity contribution is -0.354. The molecule has 2 aromatic rings. The lowest BCUT2D eigenvalue weighted by Crippen LogP contribution is -2.28. The van der Waals surface area contributed by atoms with Crippen LogP contribution in [-0.2, 0) is 9.59 Å². The Balaban J connectivity index is 1.54. The van der Waals surface area contributed by atoms with Gasteiger partial charge in [-0.1, -0.05) is 49.2 Å². The molecule has 2 amide bonds. The fourth-order valence-electron chi connectivity index (χ4n) is 2.63. The molecule has 0 aliphatic heterocycles. The number of hydrogen-bond donors (Lipinski definition) is 2. The molecule has 0 saturated heterocycles. The molecule has 8 heteroatoms. The van der Waals surface area contributed by atoms with Gasteiger partial charge < -0.3 is 21.0 Å². The van der Waals surface area contributed by atoms with Gasteiger partial charge in [-0.25, -0.2) is 0 Å². The molecule has 0 radical (unpaired) electrons. The largest absolute Gasteiger partial charge is 0.618 e. The second-order valence-electron chi connectivity index (χ2n) is 6.58. The molecule has 0 fully saturated rings. The van der Waals surface area contributed by atoms with Crippen LogP contribution in [0, 0.1) is 10.4 Å². The van der Waals surface area contributed by atoms with Crippen LogP contribution in [0.4, 0.5) is 11.4 Å². The number of benzene rings is 2. The third-order valence-corrected chi connectivity index (χ3v) is 4.19. The number of carbonyl (C=O) groups is 2. The average Bonchev–Trinajstić information content (AvgIpc) is 2.76. The van der Waals surface area contributed by atoms with E-state index in [0.29, 0.717) is 33.9 Å². The Morgan fingerprint density at radius 1 is 0.667 bits per heavy atom. The zero-order valence-electron chi connectivity index (χ0n) is 16.7. The quantitative estimate of drug-likeness (QED) is 0.195. The summed E-state index contributed by atoms with van der Waals surface area (Å²) in [5.74, 6) is -0.866. The van der Waals surface area contributed by atoms with Crippen molar-refractivity contribution in [3.63, 3.8) is 0 Å². The minimum atomic E-state index is -0.433. The van der Waals surface area contributed by atoms with Crippen LogP contribution in [0.5, 0.6) is 0 Å². The summed E-state index contributed by atoms with van der Waals surface area (Å²) in [6, 6.07) is 17.0. The van der Waals surface area contributed by atoms with Gasteiger partial charge in [0.2, 0.25) is 23.8 Å². The average molecular weight is 410 g/mol. The van der Waals surface area contributed by atoms with Gasteiger partial charge >= 0.3 is 11.8 Å². The number of unbranched alkanes of at least 4 members (excludes halogenated alkanes) is 3. The van der Waals surface area contributed by atoms with Gasteiger partial charge in [0.1, 0.15) is 0 Å². The summed E-state index contributed by atoms with van der Waals surface area (Å²) in [5, 5.41) is 29.0. The van der Waals surface area contributed by atoms with E-state index in [0.717, 1.165) is 38.1 Å². The van der Waals surface area contributed by atoms with Crippen molar-refractivity contribution in [2.45, 2.75) is 25.7 Å². The van der Waals surface area contributed by atoms with E-state index in [4.69, 9.17) is 0 Å². The molecule has 0 spiro atoms. The van der Waals surface area contributed by atoms with Crippen LogP contribution in [0.3, 0.4) is 0 Å². The molecule has 0 atom stereocenters. The van der Waals surface area contributed by atoms with E-state index >= 15 is 0 Å². The van der Waals surface area contributed by atoms with Gasteiger partial charge in [-0.15, -0.1) is 0 Å². The maximum atomic E-state index is 11.8. The van der Waals surface area contributed by atoms with Crippen molar-refractivity contribution in [1.82, 2.24) is 10.6 Å². The number of amides is 2. The molecule has 8 nitrogen and oxygen atoms in total. The first-order valence-corrected chi connectivity index (χ1v) is 9.84. The Hall–Kier alpha value is -3.68. The van der Waals surface area contributed by atoms with E-state index in [1.54, 1.807) is 60.7 Å². The van der Waals surface area contributed by atoms with Crippen LogP contribution < -0.4 is 10.6 Å². The zero-order valence-corrected chi connectivity index (χ0v) is 16.7. The summed E-state index contributed by atoms with van der Waals surface area (Å²) in [6.45, 7) is 0.945. The molecule has 2 N–H and O–H groups in total. The van der Waals surface area contributed by atoms with E-state index in [2.05, 4.69) is 10.6 Å². The summed E-state index contributed by atoms with van der Waals surface area (Å²) in [6.07, 6.45) is 5.25. The predicted molar refractivity (Wildman–Crippen MR) is 116 cm³/mol. The fourth-order valence-corrected chi connectivity index (χ4v) is 2.63. The Labute approximate surface area is 175 Å². The van der Waals surface area contributed by atoms with Gasteiger partial charge in [0.25, 0.3) is 0 Å². The van der Waals surface area contributed by atoms with Crippen molar-refractivity contribution in [1.29, 1.82) is 0 Å². The molecule has 0 aliphatic rings. The number of hydrogen-bond acceptors (Lipinski definition) is 4. The highest BCUT2D eigenvalue weighted by atomic mass is 16.5. The Morgan fingerprint density at radius 3 is 1.40 bits per heavy atom. The SMILES string of the molecule is O=C(/C=[N+](\[O-])c1ccccc1)NCCCCCCNC(=O)/C=[N+](\[O-])c1ccccc1. The first-order chi connectivity index (χ1) is 14.6. The molecule has 0 heterocycles. The highest BCUT2D eigenvalue weighted by Gasteiger charge is 2.06. The first-order valence-electron chi connectivity index (χ1n) is 9.84. The van der Waals surface area contributed by atoms with E-state index in [9.17, 15) is 20.0 Å². The molecular weight excluding hydrogens is 384 g/mol. The van der Waals surface area contributed by atoms with Crippen molar-refractivity contribution < 1.29 is 19.1 Å². The van der Waals surface area contributed by atoms with Gasteiger partial charge in [-0.05, 0) is 12.8 Å². The van der Waals surface area contributed by atoms with Crippen molar-refractivity contribution in [3.05, 3.63) is 71.1 Å². The number of nitrogens with one attached hydrogen (secondary N) is 2. The lowest BCUT2D eigenvalue weighted by atomic mass is 10.2. The number of para-hydroxylation sites is 2. The van der Waals surface area contributed by atoms with Crippen LogP contribution in [0.1, 0.15) is 25.7 Å². The third-order valence-electron chi connectivity index (χ3n) is 4.19. The highest BCUT2D eigenvalue weighted by molar-refractivity contribution is 6.24. The standard InChI is InChI=1S/C22H26N4O4/c27-21(17-25(29)19-11-5-3-6-12-19)23-15-9-1-2-10-16-24-22(28)18-26(30)20-13-7-4-8-14-20/h3-8,11-14,17-18H,1-2,9-10,15-16H2,(H,23,27)(H,24,28)/b25-17-,26-18-. The van der Waals surface area contributed by atoms with Crippen LogP contribution in [-0.4, -0.2) is 46.8 Å². The summed E-state index contributed by atoms with van der Waals surface area (Å²) in [5.41, 5.74) is 0.798. The van der Waals surface area contributed by atoms with Gasteiger partial charge in [0.05, 0.1) is 0 Å². The first kappa shape index (κ1) is 22.6. The lowest BCUT2D eigenvalue weighted by Gasteiger charge is -2.05. The van der Waals surface area contributed by atoms with E-state index in [1.807, 2.05) is 0 Å². The molecular formula is C22H26N4O4. The maximum Gasteiger partial charge on any atom is 0.309 e. The summed E-state index contributed by atoms with van der Waals surface area (Å²) < 4.78 is 1.08. The number of nitrogens with zero attached hydrogens (tertiary/aromatic N) is 2. The van der Waals surface area contributed by atoms with Crippen LogP contribution >= 0.6 is 0 Å². The van der Waals surface area contributed by atoms with Crippen LogP contribution in [0.15, 0.2) is 60.7 Å². The van der Waals surface area contributed by atoms with E-state index in [-0.39, 0.29) is 0 Å². The number of carbonyl (C=O) groups excluding carboxylic acids is 2. The van der Waals surface area contributed by atoms with Gasteiger partial charge in [0.15, 0.2) is 0 Å². The fraction of sp³-hybridized carbons (Fsp3) is 0.273.